The van der Waals surface area contributed by atoms with Gasteiger partial charge in [-0.2, -0.15) is 0 Å². The number of para-hydroxylation sites is 1. The van der Waals surface area contributed by atoms with Gasteiger partial charge in [0.05, 0.1) is 6.04 Å². The number of aliphatic carboxylic acids is 1. The smallest absolute Gasteiger partial charge is 0.320 e. The topological polar surface area (TPSA) is 123 Å². The van der Waals surface area contributed by atoms with Crippen molar-refractivity contribution in [2.24, 2.45) is 10.9 Å². The van der Waals surface area contributed by atoms with Crippen molar-refractivity contribution in [2.45, 2.75) is 63.6 Å². The molecule has 0 radical (unpaired) electrons. The van der Waals surface area contributed by atoms with Crippen LogP contribution in [0.1, 0.15) is 44.6 Å². The fourth-order valence-corrected chi connectivity index (χ4v) is 5.39. The minimum atomic E-state index is -1.04. The maximum absolute atomic E-state index is 13.5. The third-order valence-electron chi connectivity index (χ3n) is 7.79. The lowest BCUT2D eigenvalue weighted by molar-refractivity contribution is -0.139. The van der Waals surface area contributed by atoms with E-state index in [0.29, 0.717) is 43.8 Å². The Kier molecular flexibility index (Phi) is 10.8. The van der Waals surface area contributed by atoms with Gasteiger partial charge in [0.25, 0.3) is 0 Å². The summed E-state index contributed by atoms with van der Waals surface area (Å²) in [6.07, 6.45) is 4.40. The first-order valence-corrected chi connectivity index (χ1v) is 14.3. The summed E-state index contributed by atoms with van der Waals surface area (Å²) in [5.41, 5.74) is 2.97. The van der Waals surface area contributed by atoms with Gasteiger partial charge >= 0.3 is 5.97 Å². The van der Waals surface area contributed by atoms with Crippen LogP contribution in [0, 0.1) is 5.92 Å². The van der Waals surface area contributed by atoms with E-state index < -0.39 is 24.1 Å². The van der Waals surface area contributed by atoms with Crippen molar-refractivity contribution in [3.63, 3.8) is 0 Å². The van der Waals surface area contributed by atoms with Crippen LogP contribution in [0.25, 0.3) is 0 Å². The monoisotopic (exact) mass is 547 g/mol. The number of nitrogens with one attached hydrogen (secondary N) is 3. The van der Waals surface area contributed by atoms with Crippen molar-refractivity contribution >= 4 is 29.2 Å². The van der Waals surface area contributed by atoms with Crippen LogP contribution in [0.15, 0.2) is 65.7 Å². The minimum absolute atomic E-state index is 0.303. The van der Waals surface area contributed by atoms with Crippen LogP contribution in [-0.2, 0) is 20.8 Å². The molecular formula is C31H41N5O4. The van der Waals surface area contributed by atoms with Gasteiger partial charge in [-0.1, -0.05) is 48.5 Å². The minimum Gasteiger partial charge on any atom is -0.480 e. The summed E-state index contributed by atoms with van der Waals surface area (Å²) < 4.78 is 0. The average Bonchev–Trinajstić information content (AvgIpc) is 2.98. The molecule has 214 valence electrons. The van der Waals surface area contributed by atoms with Crippen LogP contribution < -0.4 is 16.0 Å². The van der Waals surface area contributed by atoms with E-state index in [9.17, 15) is 19.5 Å². The van der Waals surface area contributed by atoms with Crippen LogP contribution in [0.5, 0.6) is 0 Å². The zero-order valence-electron chi connectivity index (χ0n) is 23.2. The molecule has 3 fully saturated rings. The Morgan fingerprint density at radius 3 is 2.25 bits per heavy atom. The van der Waals surface area contributed by atoms with Crippen LogP contribution in [0.3, 0.4) is 0 Å². The first-order valence-electron chi connectivity index (χ1n) is 14.3. The van der Waals surface area contributed by atoms with Gasteiger partial charge in [0, 0.05) is 30.4 Å². The number of carbonyl (C=O) groups is 3. The van der Waals surface area contributed by atoms with Crippen LogP contribution in [0.2, 0.25) is 0 Å². The van der Waals surface area contributed by atoms with Crippen molar-refractivity contribution in [2.75, 3.05) is 31.5 Å². The number of carboxylic acids is 1. The first-order chi connectivity index (χ1) is 19.4. The molecule has 0 spiro atoms. The van der Waals surface area contributed by atoms with Gasteiger partial charge in [-0.25, -0.2) is 0 Å². The second-order valence-electron chi connectivity index (χ2n) is 10.8. The van der Waals surface area contributed by atoms with Crippen molar-refractivity contribution < 1.29 is 19.5 Å². The Hall–Kier alpha value is -3.56. The molecule has 3 saturated heterocycles. The largest absolute Gasteiger partial charge is 0.480 e. The lowest BCUT2D eigenvalue weighted by Gasteiger charge is -2.40. The molecule has 0 unspecified atom stereocenters. The second-order valence-corrected chi connectivity index (χ2v) is 10.8. The normalized spacial score (nSPS) is 21.4. The fourth-order valence-electron chi connectivity index (χ4n) is 5.39. The summed E-state index contributed by atoms with van der Waals surface area (Å²) in [7, 11) is 0. The van der Waals surface area contributed by atoms with Crippen molar-refractivity contribution in [1.29, 1.82) is 0 Å². The molecule has 2 aromatic rings. The Morgan fingerprint density at radius 2 is 1.62 bits per heavy atom. The number of anilines is 1. The molecule has 9 heteroatoms. The van der Waals surface area contributed by atoms with E-state index in [2.05, 4.69) is 20.9 Å². The predicted molar refractivity (Wildman–Crippen MR) is 156 cm³/mol. The van der Waals surface area contributed by atoms with E-state index in [1.165, 1.54) is 25.5 Å². The van der Waals surface area contributed by atoms with Crippen molar-refractivity contribution in [1.82, 2.24) is 15.5 Å². The second kappa shape index (κ2) is 14.7. The standard InChI is InChI=1S/C31H41N5O4/c1-22(31(39)40)33-27(15-14-23-9-4-2-5-10-23)30(38)35-26(29(37)34-25-11-6-3-7-12-25)13-8-18-32-28-21-36-19-16-24(28)17-20-36/h2-7,9-12,22,24,26-27,33H,8,13-21H2,1H3,(H,34,37)(H,35,38)(H,39,40)/t22-,26+,27+/m1/s1. The van der Waals surface area contributed by atoms with Gasteiger partial charge in [-0.3, -0.25) is 29.6 Å². The SMILES string of the molecule is C[C@@H](N[C@@H](CCc1ccccc1)C(=O)N[C@@H](CCCN=C1CN2CCC1CC2)C(=O)Nc1ccccc1)C(=O)O. The van der Waals surface area contributed by atoms with E-state index in [4.69, 9.17) is 4.99 Å². The summed E-state index contributed by atoms with van der Waals surface area (Å²) in [5.74, 6) is -1.15. The molecule has 0 saturated carbocycles. The summed E-state index contributed by atoms with van der Waals surface area (Å²) in [6.45, 7) is 5.36. The molecule has 9 nitrogen and oxygen atoms in total. The van der Waals surface area contributed by atoms with Gasteiger partial charge in [0.2, 0.25) is 11.8 Å². The molecule has 4 N–H and O–H groups in total. The highest BCUT2D eigenvalue weighted by Crippen LogP contribution is 2.25. The third kappa shape index (κ3) is 8.72. The molecule has 0 aliphatic carbocycles. The molecule has 0 aromatic heterocycles. The Labute approximate surface area is 236 Å². The predicted octanol–water partition coefficient (Wildman–Crippen LogP) is 3.12. The maximum Gasteiger partial charge on any atom is 0.320 e. The van der Waals surface area contributed by atoms with Crippen LogP contribution in [-0.4, -0.2) is 77.8 Å². The summed E-state index contributed by atoms with van der Waals surface area (Å²) >= 11 is 0. The summed E-state index contributed by atoms with van der Waals surface area (Å²) in [5, 5.41) is 18.2. The van der Waals surface area contributed by atoms with Crippen LogP contribution >= 0.6 is 0 Å². The van der Waals surface area contributed by atoms with Gasteiger partial charge in [-0.15, -0.1) is 0 Å². The molecule has 40 heavy (non-hydrogen) atoms. The van der Waals surface area contributed by atoms with E-state index in [1.54, 1.807) is 12.1 Å². The number of hydrogen-bond acceptors (Lipinski definition) is 6. The highest BCUT2D eigenvalue weighted by Gasteiger charge is 2.31. The average molecular weight is 548 g/mol. The van der Waals surface area contributed by atoms with Gasteiger partial charge in [0.1, 0.15) is 12.1 Å². The molecule has 3 aliphatic heterocycles. The number of hydrogen-bond donors (Lipinski definition) is 4. The number of piperidine rings is 3. The summed E-state index contributed by atoms with van der Waals surface area (Å²) in [6, 6.07) is 16.4. The van der Waals surface area contributed by atoms with Gasteiger partial charge < -0.3 is 15.7 Å². The van der Waals surface area contributed by atoms with Crippen molar-refractivity contribution in [3.05, 3.63) is 66.2 Å². The maximum atomic E-state index is 13.5. The molecule has 3 heterocycles. The van der Waals surface area contributed by atoms with Gasteiger partial charge in [-0.05, 0) is 76.2 Å². The fraction of sp³-hybridized carbons (Fsp3) is 0.484. The number of fused-ring (bicyclic) bond motifs is 3. The first kappa shape index (κ1) is 29.4. The van der Waals surface area contributed by atoms with Crippen LogP contribution in [0.4, 0.5) is 5.69 Å². The van der Waals surface area contributed by atoms with Crippen molar-refractivity contribution in [3.8, 4) is 0 Å². The number of benzene rings is 2. The number of rotatable bonds is 14. The third-order valence-corrected chi connectivity index (χ3v) is 7.79. The zero-order valence-corrected chi connectivity index (χ0v) is 23.2. The van der Waals surface area contributed by atoms with Gasteiger partial charge in [0.15, 0.2) is 0 Å². The Bertz CT molecular complexity index is 1150. The molecule has 2 aromatic carbocycles. The number of carboxylic acid groups (broad SMARTS) is 1. The number of aliphatic imine (C=N–C) groups is 1. The van der Waals surface area contributed by atoms with E-state index in [0.717, 1.165) is 25.2 Å². The lowest BCUT2D eigenvalue weighted by atomic mass is 9.86. The number of carbonyl (C=O) groups excluding carboxylic acids is 2. The highest BCUT2D eigenvalue weighted by atomic mass is 16.4. The highest BCUT2D eigenvalue weighted by molar-refractivity contribution is 5.98. The lowest BCUT2D eigenvalue weighted by Crippen LogP contribution is -2.54. The molecule has 3 atom stereocenters. The molecule has 5 rings (SSSR count). The quantitative estimate of drug-likeness (QED) is 0.270. The van der Waals surface area contributed by atoms with E-state index in [-0.39, 0.29) is 11.8 Å². The molecule has 3 aliphatic rings. The Balaban J connectivity index is 1.41. The Morgan fingerprint density at radius 1 is 0.950 bits per heavy atom. The molecular weight excluding hydrogens is 506 g/mol. The molecule has 2 amide bonds. The number of aryl methyl sites for hydroxylation is 1. The molecule has 2 bridgehead atoms. The van der Waals surface area contributed by atoms with E-state index >= 15 is 0 Å². The number of amides is 2. The van der Waals surface area contributed by atoms with E-state index in [1.807, 2.05) is 48.5 Å². The summed E-state index contributed by atoms with van der Waals surface area (Å²) in [4.78, 5) is 45.6. The number of nitrogens with zero attached hydrogens (tertiary/aromatic N) is 2. The zero-order chi connectivity index (χ0) is 28.3.